The van der Waals surface area contributed by atoms with Gasteiger partial charge in [0.1, 0.15) is 19.3 Å². The van der Waals surface area contributed by atoms with Gasteiger partial charge in [-0.25, -0.2) is 4.98 Å². The van der Waals surface area contributed by atoms with Gasteiger partial charge < -0.3 is 24.6 Å². The Morgan fingerprint density at radius 3 is 2.06 bits per heavy atom. The number of aliphatic hydroxyl groups is 2. The van der Waals surface area contributed by atoms with Crippen molar-refractivity contribution >= 4 is 27.6 Å². The van der Waals surface area contributed by atoms with Crippen LogP contribution in [0, 0.1) is 5.92 Å². The maximum atomic E-state index is 10.3. The third kappa shape index (κ3) is 9.83. The molecule has 1 atom stereocenters. The first kappa shape index (κ1) is 36.3. The van der Waals surface area contributed by atoms with Crippen LogP contribution < -0.4 is 4.90 Å². The highest BCUT2D eigenvalue weighted by Crippen LogP contribution is 2.38. The average molecular weight is 690 g/mol. The Balaban J connectivity index is 1.50. The first-order chi connectivity index (χ1) is 22.9. The van der Waals surface area contributed by atoms with E-state index in [-0.39, 0.29) is 18.4 Å². The van der Waals surface area contributed by atoms with Gasteiger partial charge >= 0.3 is 0 Å². The predicted molar refractivity (Wildman–Crippen MR) is 200 cm³/mol. The van der Waals surface area contributed by atoms with Crippen molar-refractivity contribution < 1.29 is 19.7 Å². The molecule has 3 aromatic heterocycles. The van der Waals surface area contributed by atoms with Crippen LogP contribution in [0.25, 0.3) is 28.0 Å². The maximum absolute atomic E-state index is 10.3. The molecule has 0 saturated heterocycles. The lowest BCUT2D eigenvalue weighted by molar-refractivity contribution is 0.0300. The van der Waals surface area contributed by atoms with Crippen molar-refractivity contribution in [1.29, 1.82) is 0 Å². The number of ether oxygens (including phenoxy) is 2. The monoisotopic (exact) mass is 689 g/mol. The molecule has 5 rings (SSSR count). The summed E-state index contributed by atoms with van der Waals surface area (Å²) >= 11 is 0. The van der Waals surface area contributed by atoms with E-state index in [9.17, 15) is 10.2 Å². The highest BCUT2D eigenvalue weighted by Gasteiger charge is 2.29. The first-order valence-electron chi connectivity index (χ1n) is 17.5. The fraction of sp³-hybridized carbons (Fsp3) is 0.541. The van der Waals surface area contributed by atoms with E-state index in [0.717, 1.165) is 77.3 Å². The van der Waals surface area contributed by atoms with E-state index in [0.29, 0.717) is 26.7 Å². The minimum absolute atomic E-state index is 0.116. The van der Waals surface area contributed by atoms with Gasteiger partial charge in [0.2, 0.25) is 0 Å². The normalized spacial score (nSPS) is 17.9. The molecule has 1 aromatic carbocycles. The summed E-state index contributed by atoms with van der Waals surface area (Å²) in [6.45, 7) is 16.2. The number of rotatable bonds is 16. The van der Waals surface area contributed by atoms with Crippen LogP contribution in [0.4, 0.5) is 5.82 Å². The summed E-state index contributed by atoms with van der Waals surface area (Å²) in [6, 6.07) is 18.7. The van der Waals surface area contributed by atoms with Crippen molar-refractivity contribution in [2.24, 2.45) is 5.92 Å². The Labute approximate surface area is 288 Å². The van der Waals surface area contributed by atoms with Crippen LogP contribution in [0.3, 0.4) is 0 Å². The van der Waals surface area contributed by atoms with E-state index in [1.165, 1.54) is 0 Å². The lowest BCUT2D eigenvalue weighted by Crippen LogP contribution is -2.33. The van der Waals surface area contributed by atoms with Crippen molar-refractivity contribution in [3.8, 4) is 22.4 Å². The number of pyridine rings is 1. The fourth-order valence-electron chi connectivity index (χ4n) is 6.16. The van der Waals surface area contributed by atoms with Gasteiger partial charge in [0.15, 0.2) is 5.65 Å². The number of benzene rings is 1. The minimum atomic E-state index is -1.25. The van der Waals surface area contributed by atoms with Crippen molar-refractivity contribution in [2.45, 2.75) is 89.1 Å². The largest absolute Gasteiger partial charge is 0.394 e. The number of hydrogen-bond donors (Lipinski definition) is 2. The second-order valence-corrected chi connectivity index (χ2v) is 27.0. The molecule has 0 radical (unpaired) electrons. The Bertz CT molecular complexity index is 1560. The number of hydrogen-bond acceptors (Lipinski definition) is 8. The fourth-order valence-corrected chi connectivity index (χ4v) is 7.67. The zero-order chi connectivity index (χ0) is 34.3. The lowest BCUT2D eigenvalue weighted by atomic mass is 9.78. The smallest absolute Gasteiger partial charge is 0.165 e. The predicted octanol–water partition coefficient (Wildman–Crippen LogP) is 7.52. The molecule has 260 valence electrons. The van der Waals surface area contributed by atoms with Crippen molar-refractivity contribution in [3.63, 3.8) is 0 Å². The second kappa shape index (κ2) is 16.2. The van der Waals surface area contributed by atoms with Crippen LogP contribution in [-0.2, 0) is 9.47 Å². The topological polar surface area (TPSA) is 105 Å². The van der Waals surface area contributed by atoms with Gasteiger partial charge in [-0.3, -0.25) is 4.98 Å². The number of aromatic nitrogens is 4. The highest BCUT2D eigenvalue weighted by molar-refractivity contribution is 6.76. The quantitative estimate of drug-likeness (QED) is 0.0708. The van der Waals surface area contributed by atoms with Crippen LogP contribution in [0.2, 0.25) is 51.4 Å². The van der Waals surface area contributed by atoms with Gasteiger partial charge in [-0.1, -0.05) is 75.7 Å². The SMILES string of the molecule is C[Si](C)(C)CCOCN(COCC[Si](C)(C)C)c1cc(C2CCC(C(O)CO)CC2)nc2c(-c3ccc(-c4ccccc4)nc3)cnn12. The van der Waals surface area contributed by atoms with E-state index in [1.54, 1.807) is 0 Å². The molecule has 2 N–H and O–H groups in total. The Morgan fingerprint density at radius 2 is 1.50 bits per heavy atom. The molecule has 1 unspecified atom stereocenters. The van der Waals surface area contributed by atoms with E-state index in [4.69, 9.17) is 24.5 Å². The highest BCUT2D eigenvalue weighted by atomic mass is 28.3. The summed E-state index contributed by atoms with van der Waals surface area (Å²) < 4.78 is 14.6. The third-order valence-electron chi connectivity index (χ3n) is 9.35. The van der Waals surface area contributed by atoms with Crippen molar-refractivity contribution in [2.75, 3.05) is 38.2 Å². The lowest BCUT2D eigenvalue weighted by Gasteiger charge is -2.31. The van der Waals surface area contributed by atoms with Gasteiger partial charge in [0.05, 0.1) is 24.6 Å². The van der Waals surface area contributed by atoms with Gasteiger partial charge in [0, 0.05) is 69.9 Å². The first-order valence-corrected chi connectivity index (χ1v) is 24.9. The molecule has 0 aliphatic heterocycles. The molecule has 1 aliphatic carbocycles. The standard InChI is InChI=1S/C37H55N5O4Si2/c1-47(2,3)20-18-45-26-41(27-46-19-21-48(4,5)6)36-22-34(29-12-14-30(15-13-29)35(44)25-43)40-37-32(24-39-42(36)37)31-16-17-33(38-23-31)28-10-8-7-9-11-28/h7-11,16-17,22-24,29-30,35,43-44H,12-15,18-21,25-27H2,1-6H3. The van der Waals surface area contributed by atoms with Crippen LogP contribution in [0.15, 0.2) is 60.9 Å². The number of fused-ring (bicyclic) bond motifs is 1. The Hall–Kier alpha value is -2.94. The van der Waals surface area contributed by atoms with Gasteiger partial charge in [-0.15, -0.1) is 0 Å². The molecule has 3 heterocycles. The summed E-state index contributed by atoms with van der Waals surface area (Å²) in [5, 5.41) is 24.8. The molecule has 0 amide bonds. The molecule has 0 spiro atoms. The van der Waals surface area contributed by atoms with E-state index in [2.05, 4.69) is 74.5 Å². The summed E-state index contributed by atoms with van der Waals surface area (Å²) in [4.78, 5) is 12.2. The molecule has 0 bridgehead atoms. The Kier molecular flexibility index (Phi) is 12.3. The number of nitrogens with zero attached hydrogens (tertiary/aromatic N) is 5. The zero-order valence-corrected chi connectivity index (χ0v) is 31.7. The molecular weight excluding hydrogens is 635 g/mol. The number of anilines is 1. The van der Waals surface area contributed by atoms with E-state index < -0.39 is 22.3 Å². The van der Waals surface area contributed by atoms with Gasteiger partial charge in [-0.05, 0) is 49.8 Å². The molecular formula is C37H55N5O4Si2. The maximum Gasteiger partial charge on any atom is 0.165 e. The third-order valence-corrected chi connectivity index (χ3v) is 12.8. The van der Waals surface area contributed by atoms with Crippen molar-refractivity contribution in [1.82, 2.24) is 19.6 Å². The molecule has 1 aliphatic rings. The summed E-state index contributed by atoms with van der Waals surface area (Å²) in [7, 11) is -2.50. The van der Waals surface area contributed by atoms with Crippen LogP contribution in [0.1, 0.15) is 37.3 Å². The summed E-state index contributed by atoms with van der Waals surface area (Å²) in [6.07, 6.45) is 6.65. The zero-order valence-electron chi connectivity index (χ0n) is 29.7. The van der Waals surface area contributed by atoms with Crippen LogP contribution in [-0.4, -0.2) is 85.3 Å². The summed E-state index contributed by atoms with van der Waals surface area (Å²) in [5.74, 6) is 1.25. The molecule has 4 aromatic rings. The summed E-state index contributed by atoms with van der Waals surface area (Å²) in [5.41, 5.74) is 5.67. The van der Waals surface area contributed by atoms with Crippen LogP contribution in [0.5, 0.6) is 0 Å². The molecule has 1 fully saturated rings. The van der Waals surface area contributed by atoms with Crippen LogP contribution >= 0.6 is 0 Å². The second-order valence-electron chi connectivity index (χ2n) is 15.7. The number of aliphatic hydroxyl groups excluding tert-OH is 2. The molecule has 11 heteroatoms. The van der Waals surface area contributed by atoms with Gasteiger partial charge in [-0.2, -0.15) is 9.61 Å². The average Bonchev–Trinajstić information content (AvgIpc) is 3.50. The van der Waals surface area contributed by atoms with E-state index >= 15 is 0 Å². The molecule has 9 nitrogen and oxygen atoms in total. The van der Waals surface area contributed by atoms with E-state index in [1.807, 2.05) is 35.1 Å². The Morgan fingerprint density at radius 1 is 0.854 bits per heavy atom. The molecule has 1 saturated carbocycles. The van der Waals surface area contributed by atoms with Gasteiger partial charge in [0.25, 0.3) is 0 Å². The minimum Gasteiger partial charge on any atom is -0.394 e. The molecule has 48 heavy (non-hydrogen) atoms. The van der Waals surface area contributed by atoms with Crippen molar-refractivity contribution in [3.05, 3.63) is 66.6 Å².